The SMILES string of the molecule is CCCCCCCCc1cccc(S(=O)(=O)[O-])c1CCCCCCCC.[Na+]. The molecule has 5 heteroatoms. The van der Waals surface area contributed by atoms with Gasteiger partial charge >= 0.3 is 29.6 Å². The van der Waals surface area contributed by atoms with Crippen LogP contribution >= 0.6 is 0 Å². The van der Waals surface area contributed by atoms with Gasteiger partial charge in [0, 0.05) is 0 Å². The number of hydrogen-bond acceptors (Lipinski definition) is 3. The molecule has 0 bridgehead atoms. The van der Waals surface area contributed by atoms with Gasteiger partial charge < -0.3 is 4.55 Å². The summed E-state index contributed by atoms with van der Waals surface area (Å²) in [4.78, 5) is 0.00883. The fourth-order valence-corrected chi connectivity index (χ4v) is 4.32. The second kappa shape index (κ2) is 16.0. The Labute approximate surface area is 189 Å². The van der Waals surface area contributed by atoms with Gasteiger partial charge in [-0.3, -0.25) is 0 Å². The summed E-state index contributed by atoms with van der Waals surface area (Å²) >= 11 is 0. The average molecular weight is 405 g/mol. The maximum atomic E-state index is 11.7. The molecule has 0 aliphatic carbocycles. The van der Waals surface area contributed by atoms with E-state index in [1.54, 1.807) is 6.07 Å². The van der Waals surface area contributed by atoms with Gasteiger partial charge in [0.05, 0.1) is 4.90 Å². The van der Waals surface area contributed by atoms with Crippen molar-refractivity contribution in [1.29, 1.82) is 0 Å². The molecule has 0 aliphatic rings. The topological polar surface area (TPSA) is 57.2 Å². The summed E-state index contributed by atoms with van der Waals surface area (Å²) in [5, 5.41) is 0. The summed E-state index contributed by atoms with van der Waals surface area (Å²) in [5.41, 5.74) is 1.84. The van der Waals surface area contributed by atoms with Crippen molar-refractivity contribution in [2.45, 2.75) is 109 Å². The number of rotatable bonds is 15. The van der Waals surface area contributed by atoms with Crippen LogP contribution in [0.4, 0.5) is 0 Å². The van der Waals surface area contributed by atoms with E-state index in [-0.39, 0.29) is 34.5 Å². The molecular weight excluding hydrogens is 367 g/mol. The third-order valence-electron chi connectivity index (χ3n) is 5.08. The van der Waals surface area contributed by atoms with Crippen LogP contribution in [0.2, 0.25) is 0 Å². The predicted octanol–water partition coefficient (Wildman–Crippen LogP) is 3.40. The van der Waals surface area contributed by atoms with Crippen molar-refractivity contribution in [3.8, 4) is 0 Å². The molecule has 0 heterocycles. The summed E-state index contributed by atoms with van der Waals surface area (Å²) in [6.07, 6.45) is 15.8. The molecule has 0 fully saturated rings. The largest absolute Gasteiger partial charge is 1.00 e. The molecule has 27 heavy (non-hydrogen) atoms. The van der Waals surface area contributed by atoms with E-state index < -0.39 is 10.1 Å². The minimum absolute atomic E-state index is 0. The second-order valence-electron chi connectivity index (χ2n) is 7.38. The molecule has 0 saturated carbocycles. The van der Waals surface area contributed by atoms with Crippen LogP contribution in [0.1, 0.15) is 102 Å². The third kappa shape index (κ3) is 11.7. The van der Waals surface area contributed by atoms with Crippen molar-refractivity contribution in [1.82, 2.24) is 0 Å². The monoisotopic (exact) mass is 404 g/mol. The Morgan fingerprint density at radius 1 is 0.741 bits per heavy atom. The summed E-state index contributed by atoms with van der Waals surface area (Å²) in [7, 11) is -4.40. The van der Waals surface area contributed by atoms with Gasteiger partial charge in [0.1, 0.15) is 10.1 Å². The van der Waals surface area contributed by atoms with Crippen LogP contribution in [-0.4, -0.2) is 13.0 Å². The Balaban J connectivity index is 0.00000676. The molecule has 0 saturated heterocycles. The maximum absolute atomic E-state index is 11.7. The molecule has 0 N–H and O–H groups in total. The average Bonchev–Trinajstić information content (AvgIpc) is 2.60. The number of unbranched alkanes of at least 4 members (excludes halogenated alkanes) is 10. The minimum Gasteiger partial charge on any atom is -0.744 e. The Kier molecular flexibility index (Phi) is 16.1. The van der Waals surface area contributed by atoms with Gasteiger partial charge in [-0.1, -0.05) is 90.2 Å². The van der Waals surface area contributed by atoms with Crippen molar-refractivity contribution in [2.24, 2.45) is 0 Å². The van der Waals surface area contributed by atoms with E-state index in [1.807, 2.05) is 6.07 Å². The maximum Gasteiger partial charge on any atom is 1.00 e. The Morgan fingerprint density at radius 2 is 1.22 bits per heavy atom. The molecule has 0 atom stereocenters. The molecule has 1 aromatic carbocycles. The van der Waals surface area contributed by atoms with Gasteiger partial charge in [0.2, 0.25) is 0 Å². The van der Waals surface area contributed by atoms with Crippen molar-refractivity contribution in [2.75, 3.05) is 0 Å². The van der Waals surface area contributed by atoms with Crippen LogP contribution in [-0.2, 0) is 23.0 Å². The first-order chi connectivity index (χ1) is 12.5. The van der Waals surface area contributed by atoms with Gasteiger partial charge in [-0.25, -0.2) is 8.42 Å². The molecule has 3 nitrogen and oxygen atoms in total. The van der Waals surface area contributed by atoms with Crippen LogP contribution in [0.15, 0.2) is 23.1 Å². The smallest absolute Gasteiger partial charge is 0.744 e. The molecule has 0 radical (unpaired) electrons. The quantitative estimate of drug-likeness (QED) is 0.256. The van der Waals surface area contributed by atoms with E-state index in [0.717, 1.165) is 36.8 Å². The molecule has 0 aliphatic heterocycles. The second-order valence-corrected chi connectivity index (χ2v) is 8.73. The molecule has 0 aromatic heterocycles. The van der Waals surface area contributed by atoms with Gasteiger partial charge in [-0.15, -0.1) is 0 Å². The third-order valence-corrected chi connectivity index (χ3v) is 6.00. The molecule has 1 rings (SSSR count). The zero-order chi connectivity index (χ0) is 19.3. The van der Waals surface area contributed by atoms with Crippen molar-refractivity contribution < 1.29 is 42.5 Å². The Bertz CT molecular complexity index is 600. The number of aryl methyl sites for hydroxylation is 1. The first-order valence-corrected chi connectivity index (χ1v) is 12.0. The zero-order valence-electron chi connectivity index (χ0n) is 17.8. The molecule has 150 valence electrons. The summed E-state index contributed by atoms with van der Waals surface area (Å²) < 4.78 is 35.0. The zero-order valence-corrected chi connectivity index (χ0v) is 20.6. The van der Waals surface area contributed by atoms with E-state index in [1.165, 1.54) is 63.9 Å². The molecule has 1 aromatic rings. The van der Waals surface area contributed by atoms with Crippen LogP contribution in [0.25, 0.3) is 0 Å². The number of benzene rings is 1. The molecular formula is C22H37NaO3S. The summed E-state index contributed by atoms with van der Waals surface area (Å²) in [6.45, 7) is 4.41. The van der Waals surface area contributed by atoms with Crippen LogP contribution in [0.3, 0.4) is 0 Å². The van der Waals surface area contributed by atoms with E-state index in [2.05, 4.69) is 13.8 Å². The van der Waals surface area contributed by atoms with Crippen LogP contribution < -0.4 is 29.6 Å². The molecule has 0 spiro atoms. The normalized spacial score (nSPS) is 11.4. The molecule has 0 amide bonds. The van der Waals surface area contributed by atoms with Gasteiger partial charge in [0.15, 0.2) is 0 Å². The van der Waals surface area contributed by atoms with Crippen LogP contribution in [0, 0.1) is 0 Å². The molecule has 0 unspecified atom stereocenters. The van der Waals surface area contributed by atoms with Gasteiger partial charge in [-0.2, -0.15) is 0 Å². The van der Waals surface area contributed by atoms with Crippen molar-refractivity contribution in [3.63, 3.8) is 0 Å². The minimum atomic E-state index is -4.40. The summed E-state index contributed by atoms with van der Waals surface area (Å²) in [6, 6.07) is 5.22. The first kappa shape index (κ1) is 27.1. The Morgan fingerprint density at radius 3 is 1.74 bits per heavy atom. The van der Waals surface area contributed by atoms with E-state index in [9.17, 15) is 13.0 Å². The summed E-state index contributed by atoms with van der Waals surface area (Å²) in [5.74, 6) is 0. The predicted molar refractivity (Wildman–Crippen MR) is 109 cm³/mol. The standard InChI is InChI=1S/C22H38O3S.Na/c1-3-5-7-9-11-13-16-20-17-15-19-22(26(23,24)25)21(20)18-14-12-10-8-6-4-2;/h15,17,19H,3-14,16,18H2,1-2H3,(H,23,24,25);/q;+1/p-1. The van der Waals surface area contributed by atoms with Gasteiger partial charge in [0.25, 0.3) is 0 Å². The van der Waals surface area contributed by atoms with E-state index in [4.69, 9.17) is 0 Å². The van der Waals surface area contributed by atoms with Crippen molar-refractivity contribution >= 4 is 10.1 Å². The van der Waals surface area contributed by atoms with E-state index in [0.29, 0.717) is 6.42 Å². The van der Waals surface area contributed by atoms with Gasteiger partial charge in [-0.05, 0) is 42.9 Å². The van der Waals surface area contributed by atoms with Crippen molar-refractivity contribution in [3.05, 3.63) is 29.3 Å². The fourth-order valence-electron chi connectivity index (χ4n) is 3.54. The van der Waals surface area contributed by atoms with Crippen LogP contribution in [0.5, 0.6) is 0 Å². The fraction of sp³-hybridized carbons (Fsp3) is 0.727. The van der Waals surface area contributed by atoms with E-state index >= 15 is 0 Å². The number of hydrogen-bond donors (Lipinski definition) is 0. The first-order valence-electron chi connectivity index (χ1n) is 10.6. The Hall–Kier alpha value is 0.130.